The summed E-state index contributed by atoms with van der Waals surface area (Å²) in [4.78, 5) is 0. The lowest BCUT2D eigenvalue weighted by Crippen LogP contribution is -1.99. The molecule has 1 aromatic heterocycles. The summed E-state index contributed by atoms with van der Waals surface area (Å²) in [5.41, 5.74) is 6.82. The molecular formula is C18H14N. The second kappa shape index (κ2) is 3.86. The Labute approximate surface area is 112 Å². The van der Waals surface area contributed by atoms with Gasteiger partial charge in [0.2, 0.25) is 0 Å². The lowest BCUT2D eigenvalue weighted by atomic mass is 10.0. The van der Waals surface area contributed by atoms with Crippen molar-refractivity contribution in [2.24, 2.45) is 0 Å². The number of rotatable bonds is 2. The molecule has 1 aliphatic rings. The largest absolute Gasteiger partial charge is 0.340 e. The Morgan fingerprint density at radius 3 is 3.00 bits per heavy atom. The van der Waals surface area contributed by atoms with Crippen LogP contribution in [0.25, 0.3) is 22.0 Å². The van der Waals surface area contributed by atoms with Crippen LogP contribution in [0.3, 0.4) is 0 Å². The molecule has 1 radical (unpaired) electrons. The summed E-state index contributed by atoms with van der Waals surface area (Å²) >= 11 is 0. The Kier molecular flexibility index (Phi) is 2.16. The molecule has 4 rings (SSSR count). The number of hydrogen-bond acceptors (Lipinski definition) is 0. The zero-order chi connectivity index (χ0) is 12.8. The van der Waals surface area contributed by atoms with Gasteiger partial charge in [0.1, 0.15) is 0 Å². The number of benzene rings is 2. The summed E-state index contributed by atoms with van der Waals surface area (Å²) in [6.07, 6.45) is 2.98. The standard InChI is InChI=1S/C18H14N/c1-2-11-19-16-10-6-5-9-15(16)18-14-8-4-3-7-13(14)12-17(18)19/h2-8,10H,1,11-12H2. The van der Waals surface area contributed by atoms with E-state index in [9.17, 15) is 0 Å². The molecule has 2 aromatic carbocycles. The van der Waals surface area contributed by atoms with Crippen LogP contribution in [0.15, 0.2) is 55.1 Å². The maximum Gasteiger partial charge on any atom is 0.0498 e. The number of fused-ring (bicyclic) bond motifs is 5. The molecule has 3 aromatic rings. The zero-order valence-electron chi connectivity index (χ0n) is 10.7. The molecule has 0 spiro atoms. The van der Waals surface area contributed by atoms with Crippen molar-refractivity contribution in [3.05, 3.63) is 72.4 Å². The molecule has 0 saturated heterocycles. The van der Waals surface area contributed by atoms with Gasteiger partial charge in [0.25, 0.3) is 0 Å². The molecule has 1 heterocycles. The van der Waals surface area contributed by atoms with Crippen LogP contribution in [-0.4, -0.2) is 4.57 Å². The highest BCUT2D eigenvalue weighted by molar-refractivity contribution is 6.00. The maximum absolute atomic E-state index is 3.89. The number of allylic oxidation sites excluding steroid dienone is 1. The summed E-state index contributed by atoms with van der Waals surface area (Å²) < 4.78 is 2.37. The van der Waals surface area contributed by atoms with E-state index in [4.69, 9.17) is 0 Å². The van der Waals surface area contributed by atoms with Crippen LogP contribution in [0.2, 0.25) is 0 Å². The highest BCUT2D eigenvalue weighted by Crippen LogP contribution is 2.42. The van der Waals surface area contributed by atoms with Crippen LogP contribution in [0.1, 0.15) is 11.3 Å². The second-order valence-electron chi connectivity index (χ2n) is 4.99. The number of aromatic nitrogens is 1. The van der Waals surface area contributed by atoms with E-state index < -0.39 is 0 Å². The average Bonchev–Trinajstić information content (AvgIpc) is 2.96. The van der Waals surface area contributed by atoms with Crippen molar-refractivity contribution in [1.82, 2.24) is 4.57 Å². The Bertz CT molecular complexity index is 793. The molecule has 0 N–H and O–H groups in total. The molecule has 0 atom stereocenters. The van der Waals surface area contributed by atoms with Crippen molar-refractivity contribution < 1.29 is 0 Å². The monoisotopic (exact) mass is 244 g/mol. The third-order valence-corrected chi connectivity index (χ3v) is 3.95. The van der Waals surface area contributed by atoms with Crippen LogP contribution < -0.4 is 0 Å². The highest BCUT2D eigenvalue weighted by Gasteiger charge is 2.25. The van der Waals surface area contributed by atoms with Gasteiger partial charge in [0, 0.05) is 35.1 Å². The van der Waals surface area contributed by atoms with Gasteiger partial charge in [-0.15, -0.1) is 6.58 Å². The summed E-state index contributed by atoms with van der Waals surface area (Å²) in [6.45, 7) is 4.74. The van der Waals surface area contributed by atoms with Crippen LogP contribution in [0.5, 0.6) is 0 Å². The normalized spacial score (nSPS) is 12.4. The van der Waals surface area contributed by atoms with Crippen molar-refractivity contribution in [2.75, 3.05) is 0 Å². The molecule has 0 fully saturated rings. The van der Waals surface area contributed by atoms with Crippen molar-refractivity contribution in [2.45, 2.75) is 13.0 Å². The van der Waals surface area contributed by atoms with E-state index in [0.29, 0.717) is 0 Å². The number of hydrogen-bond donors (Lipinski definition) is 0. The minimum Gasteiger partial charge on any atom is -0.340 e. The van der Waals surface area contributed by atoms with E-state index in [1.165, 1.54) is 33.3 Å². The SMILES string of the molecule is C=CCn1c2c(c3[c]cccc31)-c1ccccc1C2. The maximum atomic E-state index is 3.89. The fourth-order valence-corrected chi connectivity index (χ4v) is 3.19. The fraction of sp³-hybridized carbons (Fsp3) is 0.111. The molecule has 0 saturated carbocycles. The molecule has 1 heteroatoms. The van der Waals surface area contributed by atoms with Gasteiger partial charge < -0.3 is 4.57 Å². The van der Waals surface area contributed by atoms with Gasteiger partial charge >= 0.3 is 0 Å². The molecule has 0 unspecified atom stereocenters. The molecule has 0 bridgehead atoms. The van der Waals surface area contributed by atoms with E-state index in [2.05, 4.69) is 53.6 Å². The molecule has 19 heavy (non-hydrogen) atoms. The average molecular weight is 244 g/mol. The minimum atomic E-state index is 0.859. The molecule has 1 aliphatic carbocycles. The predicted molar refractivity (Wildman–Crippen MR) is 79.2 cm³/mol. The van der Waals surface area contributed by atoms with Gasteiger partial charge in [-0.05, 0) is 23.3 Å². The molecule has 1 nitrogen and oxygen atoms in total. The first-order valence-corrected chi connectivity index (χ1v) is 6.61. The van der Waals surface area contributed by atoms with Gasteiger partial charge in [-0.2, -0.15) is 0 Å². The third-order valence-electron chi connectivity index (χ3n) is 3.95. The third kappa shape index (κ3) is 1.36. The Hall–Kier alpha value is -2.28. The summed E-state index contributed by atoms with van der Waals surface area (Å²) in [6, 6.07) is 18.3. The molecule has 91 valence electrons. The van der Waals surface area contributed by atoms with Gasteiger partial charge in [-0.1, -0.05) is 42.5 Å². The quantitative estimate of drug-likeness (QED) is 0.466. The van der Waals surface area contributed by atoms with E-state index in [-0.39, 0.29) is 0 Å². The summed E-state index contributed by atoms with van der Waals surface area (Å²) in [5, 5.41) is 1.24. The van der Waals surface area contributed by atoms with Crippen molar-refractivity contribution in [3.63, 3.8) is 0 Å². The van der Waals surface area contributed by atoms with Crippen molar-refractivity contribution in [1.29, 1.82) is 0 Å². The van der Waals surface area contributed by atoms with Gasteiger partial charge in [0.05, 0.1) is 0 Å². The van der Waals surface area contributed by atoms with Crippen LogP contribution >= 0.6 is 0 Å². The van der Waals surface area contributed by atoms with E-state index in [1.54, 1.807) is 0 Å². The molecule has 0 amide bonds. The topological polar surface area (TPSA) is 4.93 Å². The van der Waals surface area contributed by atoms with E-state index in [1.807, 2.05) is 12.1 Å². The summed E-state index contributed by atoms with van der Waals surface area (Å²) in [5.74, 6) is 0. The van der Waals surface area contributed by atoms with Crippen LogP contribution in [0.4, 0.5) is 0 Å². The van der Waals surface area contributed by atoms with E-state index in [0.717, 1.165) is 13.0 Å². The van der Waals surface area contributed by atoms with Gasteiger partial charge in [-0.3, -0.25) is 0 Å². The first-order valence-electron chi connectivity index (χ1n) is 6.61. The Balaban J connectivity index is 2.12. The Morgan fingerprint density at radius 2 is 2.11 bits per heavy atom. The fourth-order valence-electron chi connectivity index (χ4n) is 3.19. The second-order valence-corrected chi connectivity index (χ2v) is 4.99. The first kappa shape index (κ1) is 10.6. The smallest absolute Gasteiger partial charge is 0.0498 e. The van der Waals surface area contributed by atoms with Crippen molar-refractivity contribution >= 4 is 10.9 Å². The molecular weight excluding hydrogens is 230 g/mol. The highest BCUT2D eigenvalue weighted by atomic mass is 15.0. The summed E-state index contributed by atoms with van der Waals surface area (Å²) in [7, 11) is 0. The minimum absolute atomic E-state index is 0.859. The lowest BCUT2D eigenvalue weighted by Gasteiger charge is -2.06. The van der Waals surface area contributed by atoms with E-state index >= 15 is 0 Å². The Morgan fingerprint density at radius 1 is 1.21 bits per heavy atom. The van der Waals surface area contributed by atoms with Crippen molar-refractivity contribution in [3.8, 4) is 11.1 Å². The first-order chi connectivity index (χ1) is 9.40. The zero-order valence-corrected chi connectivity index (χ0v) is 10.7. The predicted octanol–water partition coefficient (Wildman–Crippen LogP) is 4.20. The number of nitrogens with zero attached hydrogens (tertiary/aromatic N) is 1. The van der Waals surface area contributed by atoms with Gasteiger partial charge in [-0.25, -0.2) is 0 Å². The van der Waals surface area contributed by atoms with Gasteiger partial charge in [0.15, 0.2) is 0 Å². The van der Waals surface area contributed by atoms with Crippen LogP contribution in [0, 0.1) is 6.07 Å². The lowest BCUT2D eigenvalue weighted by molar-refractivity contribution is 0.814. The molecule has 0 aliphatic heterocycles. The van der Waals surface area contributed by atoms with Crippen LogP contribution in [-0.2, 0) is 13.0 Å².